The predicted octanol–water partition coefficient (Wildman–Crippen LogP) is 1.63. The summed E-state index contributed by atoms with van der Waals surface area (Å²) in [5.41, 5.74) is 4.68. The summed E-state index contributed by atoms with van der Waals surface area (Å²) >= 11 is 3.46. The molecule has 154 valence electrons. The molecule has 2 aromatic carbocycles. The summed E-state index contributed by atoms with van der Waals surface area (Å²) in [6.07, 6.45) is 6.63. The minimum absolute atomic E-state index is 0. The summed E-state index contributed by atoms with van der Waals surface area (Å²) < 4.78 is 13.9. The molecule has 30 heavy (non-hydrogen) atoms. The molecule has 1 aliphatic rings. The average Bonchev–Trinajstić information content (AvgIpc) is 3.04. The number of hydrogen-bond donors (Lipinski definition) is 0. The van der Waals surface area contributed by atoms with E-state index in [0.29, 0.717) is 23.5 Å². The smallest absolute Gasteiger partial charge is 0.189 e. The Hall–Kier alpha value is -2.44. The van der Waals surface area contributed by atoms with Crippen LogP contribution in [-0.4, -0.2) is 20.0 Å². The second kappa shape index (κ2) is 9.58. The maximum absolute atomic E-state index is 12.8. The minimum Gasteiger partial charge on any atom is -1.00 e. The van der Waals surface area contributed by atoms with Crippen molar-refractivity contribution < 1.29 is 35.8 Å². The first-order valence-corrected chi connectivity index (χ1v) is 10.1. The maximum Gasteiger partial charge on any atom is 0.189 e. The van der Waals surface area contributed by atoms with E-state index in [1.54, 1.807) is 20.3 Å². The lowest BCUT2D eigenvalue weighted by molar-refractivity contribution is -0.688. The number of nitrogens with zero attached hydrogens (tertiary/aromatic N) is 1. The van der Waals surface area contributed by atoms with Gasteiger partial charge in [0.15, 0.2) is 36.2 Å². The van der Waals surface area contributed by atoms with Gasteiger partial charge in [-0.05, 0) is 41.5 Å². The molecule has 1 aromatic heterocycles. The molecule has 0 fully saturated rings. The highest BCUT2D eigenvalue weighted by Crippen LogP contribution is 2.36. The third-order valence-electron chi connectivity index (χ3n) is 5.06. The van der Waals surface area contributed by atoms with Crippen molar-refractivity contribution in [2.24, 2.45) is 0 Å². The molecule has 0 spiro atoms. The molecule has 0 amide bonds. The first kappa shape index (κ1) is 22.2. The van der Waals surface area contributed by atoms with E-state index in [4.69, 9.17) is 9.47 Å². The molecule has 1 heterocycles. The van der Waals surface area contributed by atoms with Crippen molar-refractivity contribution in [3.05, 3.63) is 93.2 Å². The summed E-state index contributed by atoms with van der Waals surface area (Å²) in [5, 5.41) is 0. The zero-order valence-electron chi connectivity index (χ0n) is 16.7. The van der Waals surface area contributed by atoms with E-state index in [1.165, 1.54) is 5.56 Å². The molecule has 4 nitrogen and oxygen atoms in total. The van der Waals surface area contributed by atoms with Crippen molar-refractivity contribution in [3.63, 3.8) is 0 Å². The minimum atomic E-state index is 0. The number of allylic oxidation sites excluding steroid dienone is 1. The molecule has 3 aromatic rings. The van der Waals surface area contributed by atoms with Crippen LogP contribution in [-0.2, 0) is 13.0 Å². The van der Waals surface area contributed by atoms with E-state index < -0.39 is 0 Å². The van der Waals surface area contributed by atoms with Gasteiger partial charge in [0.05, 0.1) is 14.2 Å². The Morgan fingerprint density at radius 3 is 2.27 bits per heavy atom. The quantitative estimate of drug-likeness (QED) is 0.372. The highest BCUT2D eigenvalue weighted by Gasteiger charge is 2.27. The molecule has 0 saturated heterocycles. The normalized spacial score (nSPS) is 13.7. The number of halogens is 2. The Morgan fingerprint density at radius 1 is 1.00 bits per heavy atom. The van der Waals surface area contributed by atoms with E-state index in [-0.39, 0.29) is 22.8 Å². The monoisotopic (exact) mass is 529 g/mol. The number of ether oxygens (including phenoxy) is 2. The van der Waals surface area contributed by atoms with Gasteiger partial charge in [-0.3, -0.25) is 4.79 Å². The number of ketones is 1. The second-order valence-electron chi connectivity index (χ2n) is 6.97. The number of methoxy groups -OCH3 is 2. The SMILES string of the molecule is COc1cc2c(cc1OC)C(=O)/C(=C/c1cc[n+](Cc3ccc(Br)cc3)cc1)C2.[Br-]. The Balaban J connectivity index is 0.00000256. The largest absolute Gasteiger partial charge is 1.00 e. The van der Waals surface area contributed by atoms with Crippen LogP contribution in [0.15, 0.2) is 71.0 Å². The van der Waals surface area contributed by atoms with E-state index in [2.05, 4.69) is 32.6 Å². The fourth-order valence-electron chi connectivity index (χ4n) is 3.53. The van der Waals surface area contributed by atoms with Crippen LogP contribution in [0.5, 0.6) is 11.5 Å². The summed E-state index contributed by atoms with van der Waals surface area (Å²) in [6, 6.07) is 16.0. The van der Waals surface area contributed by atoms with Crippen LogP contribution in [0.4, 0.5) is 0 Å². The molecule has 6 heteroatoms. The molecule has 0 bridgehead atoms. The zero-order valence-corrected chi connectivity index (χ0v) is 19.9. The number of pyridine rings is 1. The lowest BCUT2D eigenvalue weighted by Crippen LogP contribution is -3.00. The van der Waals surface area contributed by atoms with E-state index in [1.807, 2.05) is 48.8 Å². The standard InChI is InChI=1S/C24H21BrNO3.BrH/c1-28-22-13-18-12-19(24(27)21(18)14-23(22)29-2)11-16-7-9-26(10-8-16)15-17-3-5-20(25)6-4-17;/h3-11,13-14H,12,15H2,1-2H3;1H/q+1;/p-1/b19-11+;. The van der Waals surface area contributed by atoms with Gasteiger partial charge in [-0.15, -0.1) is 0 Å². The molecule has 1 aliphatic carbocycles. The van der Waals surface area contributed by atoms with Crippen LogP contribution in [0.2, 0.25) is 0 Å². The lowest BCUT2D eigenvalue weighted by Gasteiger charge is -2.08. The van der Waals surface area contributed by atoms with Crippen molar-refractivity contribution in [1.29, 1.82) is 0 Å². The van der Waals surface area contributed by atoms with Gasteiger partial charge in [-0.25, -0.2) is 4.57 Å². The Morgan fingerprint density at radius 2 is 1.63 bits per heavy atom. The van der Waals surface area contributed by atoms with Gasteiger partial charge in [-0.1, -0.05) is 28.1 Å². The first-order chi connectivity index (χ1) is 14.1. The molecule has 4 rings (SSSR count). The van der Waals surface area contributed by atoms with Crippen LogP contribution in [0, 0.1) is 0 Å². The summed E-state index contributed by atoms with van der Waals surface area (Å²) in [6.45, 7) is 0.800. The number of carbonyl (C=O) groups excluding carboxylic acids is 1. The number of hydrogen-bond acceptors (Lipinski definition) is 3. The highest BCUT2D eigenvalue weighted by atomic mass is 79.9. The number of carbonyl (C=O) groups is 1. The molecule has 0 N–H and O–H groups in total. The first-order valence-electron chi connectivity index (χ1n) is 9.31. The third-order valence-corrected chi connectivity index (χ3v) is 5.59. The van der Waals surface area contributed by atoms with Crippen LogP contribution in [0.25, 0.3) is 6.08 Å². The second-order valence-corrected chi connectivity index (χ2v) is 7.89. The predicted molar refractivity (Wildman–Crippen MR) is 115 cm³/mol. The summed E-state index contributed by atoms with van der Waals surface area (Å²) in [4.78, 5) is 12.8. The summed E-state index contributed by atoms with van der Waals surface area (Å²) in [5.74, 6) is 1.27. The maximum atomic E-state index is 12.8. The van der Waals surface area contributed by atoms with Gasteiger partial charge in [0, 0.05) is 39.7 Å². The van der Waals surface area contributed by atoms with Crippen molar-refractivity contribution >= 4 is 27.8 Å². The molecule has 0 atom stereocenters. The molecule has 0 saturated carbocycles. The van der Waals surface area contributed by atoms with Gasteiger partial charge in [0.25, 0.3) is 0 Å². The van der Waals surface area contributed by atoms with Gasteiger partial charge in [-0.2, -0.15) is 0 Å². The number of benzene rings is 2. The highest BCUT2D eigenvalue weighted by molar-refractivity contribution is 9.10. The number of Topliss-reactive ketones (excluding diaryl/α,β-unsaturated/α-hetero) is 1. The van der Waals surface area contributed by atoms with Crippen LogP contribution >= 0.6 is 15.9 Å². The molecule has 0 unspecified atom stereocenters. The summed E-state index contributed by atoms with van der Waals surface area (Å²) in [7, 11) is 3.18. The average molecular weight is 531 g/mol. The van der Waals surface area contributed by atoms with Crippen molar-refractivity contribution in [2.45, 2.75) is 13.0 Å². The van der Waals surface area contributed by atoms with Gasteiger partial charge < -0.3 is 26.5 Å². The third kappa shape index (κ3) is 4.65. The van der Waals surface area contributed by atoms with Gasteiger partial charge >= 0.3 is 0 Å². The Labute approximate surface area is 195 Å². The van der Waals surface area contributed by atoms with E-state index in [9.17, 15) is 4.79 Å². The molecular formula is C24H21Br2NO3. The topological polar surface area (TPSA) is 39.4 Å². The fraction of sp³-hybridized carbons (Fsp3) is 0.167. The Kier molecular flexibility index (Phi) is 7.10. The van der Waals surface area contributed by atoms with Crippen LogP contribution in [0.3, 0.4) is 0 Å². The fourth-order valence-corrected chi connectivity index (χ4v) is 3.79. The zero-order chi connectivity index (χ0) is 20.4. The van der Waals surface area contributed by atoms with E-state index >= 15 is 0 Å². The number of rotatable bonds is 5. The number of fused-ring (bicyclic) bond motifs is 1. The van der Waals surface area contributed by atoms with Crippen molar-refractivity contribution in [3.8, 4) is 11.5 Å². The molecule has 0 aliphatic heterocycles. The van der Waals surface area contributed by atoms with E-state index in [0.717, 1.165) is 27.7 Å². The molecule has 0 radical (unpaired) electrons. The van der Waals surface area contributed by atoms with Crippen molar-refractivity contribution in [2.75, 3.05) is 14.2 Å². The van der Waals surface area contributed by atoms with Crippen LogP contribution in [0.1, 0.15) is 27.0 Å². The van der Waals surface area contributed by atoms with Crippen molar-refractivity contribution in [1.82, 2.24) is 0 Å². The van der Waals surface area contributed by atoms with Gasteiger partial charge in [0.1, 0.15) is 0 Å². The lowest BCUT2D eigenvalue weighted by atomic mass is 10.1. The number of aromatic nitrogens is 1. The molecular weight excluding hydrogens is 510 g/mol. The Bertz CT molecular complexity index is 1090. The van der Waals surface area contributed by atoms with Gasteiger partial charge in [0.2, 0.25) is 0 Å². The van der Waals surface area contributed by atoms with Crippen LogP contribution < -0.4 is 31.0 Å².